The molecule has 0 aromatic carbocycles. The minimum Gasteiger partial charge on any atom is -0.383 e. The van der Waals surface area contributed by atoms with E-state index in [1.165, 1.54) is 0 Å². The smallest absolute Gasteiger partial charge is 0.227 e. The molecule has 4 atom stereocenters. The number of rotatable bonds is 8. The number of hydrogen-bond donors (Lipinski definition) is 1. The molecule has 0 aromatic rings. The summed E-state index contributed by atoms with van der Waals surface area (Å²) in [5, 5.41) is 0. The molecule has 2 fully saturated rings. The van der Waals surface area contributed by atoms with Crippen LogP contribution in [0.1, 0.15) is 12.8 Å². The summed E-state index contributed by atoms with van der Waals surface area (Å²) >= 11 is 0. The van der Waals surface area contributed by atoms with Gasteiger partial charge in [-0.2, -0.15) is 0 Å². The number of allylic oxidation sites excluding steroid dienone is 2. The van der Waals surface area contributed by atoms with Gasteiger partial charge in [-0.25, -0.2) is 0 Å². The lowest BCUT2D eigenvalue weighted by Crippen LogP contribution is -2.46. The first-order chi connectivity index (χ1) is 11.1. The summed E-state index contributed by atoms with van der Waals surface area (Å²) in [6.07, 6.45) is 6.45. The number of methoxy groups -OCH3 is 2. The van der Waals surface area contributed by atoms with Crippen molar-refractivity contribution in [3.63, 3.8) is 0 Å². The molecular formula is C17H26N2O4. The van der Waals surface area contributed by atoms with Crippen LogP contribution < -0.4 is 5.73 Å². The van der Waals surface area contributed by atoms with Crippen LogP contribution in [0.2, 0.25) is 0 Å². The van der Waals surface area contributed by atoms with Crippen LogP contribution in [-0.2, 0) is 19.1 Å². The fourth-order valence-corrected chi connectivity index (χ4v) is 4.66. The van der Waals surface area contributed by atoms with E-state index in [2.05, 4.69) is 12.2 Å². The van der Waals surface area contributed by atoms with E-state index in [0.717, 1.165) is 12.8 Å². The van der Waals surface area contributed by atoms with E-state index in [9.17, 15) is 9.59 Å². The lowest BCUT2D eigenvalue weighted by Gasteiger charge is -2.31. The maximum Gasteiger partial charge on any atom is 0.227 e. The summed E-state index contributed by atoms with van der Waals surface area (Å²) in [6.45, 7) is 1.96. The number of ether oxygens (including phenoxy) is 2. The monoisotopic (exact) mass is 322 g/mol. The normalized spacial score (nSPS) is 32.4. The molecule has 0 heterocycles. The van der Waals surface area contributed by atoms with Crippen LogP contribution in [0.5, 0.6) is 0 Å². The lowest BCUT2D eigenvalue weighted by atomic mass is 9.81. The highest BCUT2D eigenvalue weighted by Crippen LogP contribution is 2.72. The van der Waals surface area contributed by atoms with Gasteiger partial charge in [0.25, 0.3) is 0 Å². The van der Waals surface area contributed by atoms with Crippen molar-refractivity contribution < 1.29 is 19.1 Å². The van der Waals surface area contributed by atoms with Crippen molar-refractivity contribution in [2.45, 2.75) is 12.8 Å². The molecule has 6 heteroatoms. The molecule has 0 radical (unpaired) electrons. The average Bonchev–Trinajstić information content (AvgIpc) is 3.20. The third-order valence-corrected chi connectivity index (χ3v) is 5.90. The van der Waals surface area contributed by atoms with E-state index < -0.39 is 0 Å². The van der Waals surface area contributed by atoms with Crippen molar-refractivity contribution in [1.29, 1.82) is 0 Å². The molecular weight excluding hydrogens is 296 g/mol. The first-order valence-corrected chi connectivity index (χ1v) is 8.31. The maximum absolute atomic E-state index is 13.2. The predicted octanol–water partition coefficient (Wildman–Crippen LogP) is 0.422. The number of primary amides is 1. The highest BCUT2D eigenvalue weighted by molar-refractivity contribution is 5.89. The average molecular weight is 322 g/mol. The molecule has 23 heavy (non-hydrogen) atoms. The minimum atomic E-state index is -0.368. The molecule has 0 saturated heterocycles. The predicted molar refractivity (Wildman–Crippen MR) is 84.3 cm³/mol. The van der Waals surface area contributed by atoms with Crippen LogP contribution in [0.4, 0.5) is 0 Å². The number of nitrogens with zero attached hydrogens (tertiary/aromatic N) is 1. The van der Waals surface area contributed by atoms with Crippen molar-refractivity contribution in [2.24, 2.45) is 34.8 Å². The Balaban J connectivity index is 1.81. The molecule has 3 rings (SSSR count). The van der Waals surface area contributed by atoms with Crippen LogP contribution in [0.3, 0.4) is 0 Å². The fourth-order valence-electron chi connectivity index (χ4n) is 4.66. The zero-order chi connectivity index (χ0) is 16.6. The molecule has 1 spiro atoms. The van der Waals surface area contributed by atoms with E-state index in [0.29, 0.717) is 26.3 Å². The third-order valence-electron chi connectivity index (χ3n) is 5.90. The van der Waals surface area contributed by atoms with Gasteiger partial charge in [0.2, 0.25) is 11.8 Å². The number of nitrogens with two attached hydrogens (primary N) is 1. The Bertz CT molecular complexity index is 507. The first kappa shape index (κ1) is 16.5. The summed E-state index contributed by atoms with van der Waals surface area (Å²) in [7, 11) is 3.23. The summed E-state index contributed by atoms with van der Waals surface area (Å²) in [6, 6.07) is 0. The van der Waals surface area contributed by atoms with Crippen LogP contribution in [-0.4, -0.2) is 57.2 Å². The second-order valence-electron chi connectivity index (χ2n) is 6.93. The molecule has 6 nitrogen and oxygen atoms in total. The molecule has 0 aromatic heterocycles. The Hall–Kier alpha value is -1.40. The Kier molecular flexibility index (Phi) is 4.47. The van der Waals surface area contributed by atoms with E-state index in [1.807, 2.05) is 0 Å². The fraction of sp³-hybridized carbons (Fsp3) is 0.765. The Morgan fingerprint density at radius 1 is 1.09 bits per heavy atom. The molecule has 2 N–H and O–H groups in total. The standard InChI is InChI=1S/C17H26N2O4/c1-22-9-7-19(8-10-23-2)16(21)14-12-4-3-11(13(14)15(18)20)17(12)5-6-17/h3-4,11-14H,5-10H2,1-2H3,(H2,18,20)/t11-,12+,13?,14?/m0/s1. The summed E-state index contributed by atoms with van der Waals surface area (Å²) in [4.78, 5) is 27.0. The molecule has 2 bridgehead atoms. The molecule has 0 aliphatic heterocycles. The largest absolute Gasteiger partial charge is 0.383 e. The van der Waals surface area contributed by atoms with Crippen molar-refractivity contribution in [1.82, 2.24) is 4.90 Å². The van der Waals surface area contributed by atoms with Gasteiger partial charge in [-0.15, -0.1) is 0 Å². The van der Waals surface area contributed by atoms with E-state index in [1.54, 1.807) is 19.1 Å². The summed E-state index contributed by atoms with van der Waals surface area (Å²) in [5.74, 6) is -0.710. The zero-order valence-electron chi connectivity index (χ0n) is 13.9. The van der Waals surface area contributed by atoms with Gasteiger partial charge in [0.05, 0.1) is 25.0 Å². The van der Waals surface area contributed by atoms with Gasteiger partial charge < -0.3 is 20.1 Å². The molecule has 2 saturated carbocycles. The second-order valence-corrected chi connectivity index (χ2v) is 6.93. The van der Waals surface area contributed by atoms with Crippen molar-refractivity contribution in [3.8, 4) is 0 Å². The van der Waals surface area contributed by atoms with E-state index >= 15 is 0 Å². The number of hydrogen-bond acceptors (Lipinski definition) is 4. The van der Waals surface area contributed by atoms with E-state index in [4.69, 9.17) is 15.2 Å². The van der Waals surface area contributed by atoms with Gasteiger partial charge in [-0.3, -0.25) is 9.59 Å². The summed E-state index contributed by atoms with van der Waals surface area (Å²) in [5.41, 5.74) is 5.80. The maximum atomic E-state index is 13.2. The minimum absolute atomic E-state index is 0.0195. The van der Waals surface area contributed by atoms with Gasteiger partial charge in [-0.1, -0.05) is 12.2 Å². The van der Waals surface area contributed by atoms with Gasteiger partial charge in [-0.05, 0) is 30.1 Å². The topological polar surface area (TPSA) is 81.9 Å². The van der Waals surface area contributed by atoms with Crippen LogP contribution in [0.25, 0.3) is 0 Å². The van der Waals surface area contributed by atoms with Crippen molar-refractivity contribution in [2.75, 3.05) is 40.5 Å². The van der Waals surface area contributed by atoms with Crippen LogP contribution >= 0.6 is 0 Å². The highest BCUT2D eigenvalue weighted by Gasteiger charge is 2.69. The molecule has 2 unspecified atom stereocenters. The Labute approximate surface area is 137 Å². The molecule has 2 amide bonds. The second kappa shape index (κ2) is 6.24. The Morgan fingerprint density at radius 2 is 1.61 bits per heavy atom. The van der Waals surface area contributed by atoms with Gasteiger partial charge in [0.1, 0.15) is 0 Å². The Morgan fingerprint density at radius 3 is 2.04 bits per heavy atom. The number of amides is 2. The van der Waals surface area contributed by atoms with Crippen LogP contribution in [0, 0.1) is 29.1 Å². The highest BCUT2D eigenvalue weighted by atomic mass is 16.5. The van der Waals surface area contributed by atoms with Crippen molar-refractivity contribution in [3.05, 3.63) is 12.2 Å². The number of carbonyl (C=O) groups is 2. The lowest BCUT2D eigenvalue weighted by molar-refractivity contribution is -0.142. The van der Waals surface area contributed by atoms with Crippen LogP contribution in [0.15, 0.2) is 12.2 Å². The third kappa shape index (κ3) is 2.58. The van der Waals surface area contributed by atoms with Gasteiger partial charge in [0.15, 0.2) is 0 Å². The molecule has 3 aliphatic rings. The first-order valence-electron chi connectivity index (χ1n) is 8.31. The quantitative estimate of drug-likeness (QED) is 0.657. The van der Waals surface area contributed by atoms with E-state index in [-0.39, 0.29) is 40.9 Å². The molecule has 3 aliphatic carbocycles. The van der Waals surface area contributed by atoms with Gasteiger partial charge >= 0.3 is 0 Å². The number of carbonyl (C=O) groups excluding carboxylic acids is 2. The van der Waals surface area contributed by atoms with Crippen molar-refractivity contribution >= 4 is 11.8 Å². The van der Waals surface area contributed by atoms with Gasteiger partial charge in [0, 0.05) is 27.3 Å². The SMILES string of the molecule is COCCN(CCOC)C(=O)C1C(C(N)=O)[C@@H]2C=C[C@H]1C21CC1. The zero-order valence-corrected chi connectivity index (χ0v) is 13.9. The molecule has 128 valence electrons. The summed E-state index contributed by atoms with van der Waals surface area (Å²) < 4.78 is 10.2.